The molecular weight excluding hydrogens is 270 g/mol. The van der Waals surface area contributed by atoms with Crippen LogP contribution in [0.25, 0.3) is 6.08 Å². The molecule has 114 valence electrons. The number of para-hydroxylation sites is 1. The number of methoxy groups -OCH3 is 1. The molecule has 0 fully saturated rings. The fourth-order valence-corrected chi connectivity index (χ4v) is 1.75. The minimum Gasteiger partial charge on any atom is -0.493 e. The molecule has 1 amide bonds. The first-order valence-electron chi connectivity index (χ1n) is 6.84. The maximum absolute atomic E-state index is 11.8. The highest BCUT2D eigenvalue weighted by Gasteiger charge is 2.10. The standard InChI is InChI=1S/C16H21NO4/c1-4-21-14-8-6-5-7-13(14)9-10-15(18)17-12(2)11-16(19)20-3/h5-10,12H,4,11H2,1-3H3,(H,17,18)/b10-9+. The van der Waals surface area contributed by atoms with E-state index in [1.54, 1.807) is 13.0 Å². The van der Waals surface area contributed by atoms with Gasteiger partial charge in [-0.2, -0.15) is 0 Å². The van der Waals surface area contributed by atoms with Crippen molar-refractivity contribution in [3.8, 4) is 5.75 Å². The first kappa shape index (κ1) is 16.8. The van der Waals surface area contributed by atoms with Crippen LogP contribution in [0.15, 0.2) is 30.3 Å². The topological polar surface area (TPSA) is 64.6 Å². The van der Waals surface area contributed by atoms with Gasteiger partial charge < -0.3 is 14.8 Å². The second-order valence-corrected chi connectivity index (χ2v) is 4.49. The lowest BCUT2D eigenvalue weighted by Gasteiger charge is -2.10. The molecule has 0 heterocycles. The van der Waals surface area contributed by atoms with Gasteiger partial charge in [0.1, 0.15) is 5.75 Å². The Kier molecular flexibility index (Phi) is 7.01. The van der Waals surface area contributed by atoms with E-state index < -0.39 is 0 Å². The lowest BCUT2D eigenvalue weighted by atomic mass is 10.2. The van der Waals surface area contributed by atoms with Crippen LogP contribution in [0.1, 0.15) is 25.8 Å². The minimum absolute atomic E-state index is 0.144. The minimum atomic E-state index is -0.353. The van der Waals surface area contributed by atoms with Crippen molar-refractivity contribution in [3.63, 3.8) is 0 Å². The summed E-state index contributed by atoms with van der Waals surface area (Å²) in [4.78, 5) is 22.9. The molecule has 0 saturated carbocycles. The van der Waals surface area contributed by atoms with Crippen LogP contribution in [0.4, 0.5) is 0 Å². The quantitative estimate of drug-likeness (QED) is 0.617. The van der Waals surface area contributed by atoms with Crippen molar-refractivity contribution >= 4 is 18.0 Å². The summed E-state index contributed by atoms with van der Waals surface area (Å²) in [5, 5.41) is 2.70. The molecule has 0 bridgehead atoms. The zero-order valence-corrected chi connectivity index (χ0v) is 12.6. The average molecular weight is 291 g/mol. The van der Waals surface area contributed by atoms with Gasteiger partial charge in [0, 0.05) is 17.7 Å². The zero-order chi connectivity index (χ0) is 15.7. The molecule has 0 radical (unpaired) electrons. The van der Waals surface area contributed by atoms with Gasteiger partial charge in [0.25, 0.3) is 0 Å². The lowest BCUT2D eigenvalue weighted by Crippen LogP contribution is -2.33. The van der Waals surface area contributed by atoms with Crippen molar-refractivity contribution < 1.29 is 19.1 Å². The molecule has 1 rings (SSSR count). The Morgan fingerprint density at radius 2 is 2.05 bits per heavy atom. The largest absolute Gasteiger partial charge is 0.493 e. The number of benzene rings is 1. The lowest BCUT2D eigenvalue weighted by molar-refractivity contribution is -0.141. The summed E-state index contributed by atoms with van der Waals surface area (Å²) in [6, 6.07) is 7.19. The normalized spacial score (nSPS) is 12.0. The Balaban J connectivity index is 2.60. The second kappa shape index (κ2) is 8.79. The van der Waals surface area contributed by atoms with Gasteiger partial charge in [0.05, 0.1) is 20.1 Å². The summed E-state index contributed by atoms with van der Waals surface area (Å²) in [6.45, 7) is 4.21. The molecule has 1 aromatic carbocycles. The van der Waals surface area contributed by atoms with Gasteiger partial charge in [-0.3, -0.25) is 9.59 Å². The third-order valence-electron chi connectivity index (χ3n) is 2.72. The monoisotopic (exact) mass is 291 g/mol. The highest BCUT2D eigenvalue weighted by Crippen LogP contribution is 2.19. The Labute approximate surface area is 124 Å². The molecule has 1 N–H and O–H groups in total. The Morgan fingerprint density at radius 3 is 2.71 bits per heavy atom. The molecular formula is C16H21NO4. The van der Waals surface area contributed by atoms with E-state index in [-0.39, 0.29) is 24.3 Å². The van der Waals surface area contributed by atoms with Gasteiger partial charge in [0.15, 0.2) is 0 Å². The smallest absolute Gasteiger partial charge is 0.307 e. The molecule has 1 aromatic rings. The molecule has 5 nitrogen and oxygen atoms in total. The van der Waals surface area contributed by atoms with Crippen LogP contribution in [0, 0.1) is 0 Å². The average Bonchev–Trinajstić information content (AvgIpc) is 2.46. The first-order valence-corrected chi connectivity index (χ1v) is 6.84. The molecule has 1 unspecified atom stereocenters. The van der Waals surface area contributed by atoms with Crippen LogP contribution in [0.3, 0.4) is 0 Å². The van der Waals surface area contributed by atoms with Gasteiger partial charge in [-0.15, -0.1) is 0 Å². The van der Waals surface area contributed by atoms with Gasteiger partial charge in [0.2, 0.25) is 5.91 Å². The molecule has 5 heteroatoms. The number of ether oxygens (including phenoxy) is 2. The predicted octanol–water partition coefficient (Wildman–Crippen LogP) is 2.17. The van der Waals surface area contributed by atoms with E-state index >= 15 is 0 Å². The molecule has 21 heavy (non-hydrogen) atoms. The van der Waals surface area contributed by atoms with E-state index in [0.29, 0.717) is 6.61 Å². The van der Waals surface area contributed by atoms with Crippen molar-refractivity contribution in [2.45, 2.75) is 26.3 Å². The van der Waals surface area contributed by atoms with E-state index in [1.165, 1.54) is 13.2 Å². The molecule has 0 aliphatic carbocycles. The third-order valence-corrected chi connectivity index (χ3v) is 2.72. The molecule has 0 aliphatic heterocycles. The Bertz CT molecular complexity index is 511. The highest BCUT2D eigenvalue weighted by molar-refractivity contribution is 5.92. The Morgan fingerprint density at radius 1 is 1.33 bits per heavy atom. The summed E-state index contributed by atoms with van der Waals surface area (Å²) >= 11 is 0. The van der Waals surface area contributed by atoms with E-state index in [0.717, 1.165) is 11.3 Å². The summed E-state index contributed by atoms with van der Waals surface area (Å²) in [5.74, 6) is 0.109. The number of esters is 1. The first-order chi connectivity index (χ1) is 10.1. The van der Waals surface area contributed by atoms with Gasteiger partial charge in [-0.1, -0.05) is 18.2 Å². The Hall–Kier alpha value is -2.30. The van der Waals surface area contributed by atoms with E-state index in [4.69, 9.17) is 4.74 Å². The molecule has 0 spiro atoms. The number of nitrogens with one attached hydrogen (secondary N) is 1. The maximum atomic E-state index is 11.8. The SMILES string of the molecule is CCOc1ccccc1/C=C/C(=O)NC(C)CC(=O)OC. The second-order valence-electron chi connectivity index (χ2n) is 4.49. The summed E-state index contributed by atoms with van der Waals surface area (Å²) in [5.41, 5.74) is 0.829. The number of hydrogen-bond donors (Lipinski definition) is 1. The fourth-order valence-electron chi connectivity index (χ4n) is 1.75. The van der Waals surface area contributed by atoms with E-state index in [1.807, 2.05) is 31.2 Å². The van der Waals surface area contributed by atoms with Crippen LogP contribution in [-0.2, 0) is 14.3 Å². The predicted molar refractivity (Wildman–Crippen MR) is 80.9 cm³/mol. The number of amides is 1. The zero-order valence-electron chi connectivity index (χ0n) is 12.6. The summed E-state index contributed by atoms with van der Waals surface area (Å²) in [7, 11) is 1.32. The van der Waals surface area contributed by atoms with Crippen LogP contribution >= 0.6 is 0 Å². The number of carbonyl (C=O) groups excluding carboxylic acids is 2. The van der Waals surface area contributed by atoms with Crippen LogP contribution in [0.2, 0.25) is 0 Å². The van der Waals surface area contributed by atoms with Gasteiger partial charge >= 0.3 is 5.97 Å². The highest BCUT2D eigenvalue weighted by atomic mass is 16.5. The summed E-state index contributed by atoms with van der Waals surface area (Å²) in [6.07, 6.45) is 3.25. The van der Waals surface area contributed by atoms with Crippen LogP contribution in [-0.4, -0.2) is 31.6 Å². The molecule has 0 aliphatic rings. The molecule has 0 saturated heterocycles. The van der Waals surface area contributed by atoms with Crippen molar-refractivity contribution in [1.29, 1.82) is 0 Å². The summed E-state index contributed by atoms with van der Waals surface area (Å²) < 4.78 is 10.0. The van der Waals surface area contributed by atoms with Crippen molar-refractivity contribution in [2.24, 2.45) is 0 Å². The third kappa shape index (κ3) is 6.12. The number of hydrogen-bond acceptors (Lipinski definition) is 4. The molecule has 0 aromatic heterocycles. The van der Waals surface area contributed by atoms with Gasteiger partial charge in [-0.25, -0.2) is 0 Å². The maximum Gasteiger partial charge on any atom is 0.307 e. The van der Waals surface area contributed by atoms with Crippen LogP contribution in [0.5, 0.6) is 5.75 Å². The fraction of sp³-hybridized carbons (Fsp3) is 0.375. The van der Waals surface area contributed by atoms with Crippen LogP contribution < -0.4 is 10.1 Å². The van der Waals surface area contributed by atoms with Crippen molar-refractivity contribution in [1.82, 2.24) is 5.32 Å². The van der Waals surface area contributed by atoms with Gasteiger partial charge in [-0.05, 0) is 26.0 Å². The number of rotatable bonds is 7. The van der Waals surface area contributed by atoms with E-state index in [9.17, 15) is 9.59 Å². The van der Waals surface area contributed by atoms with E-state index in [2.05, 4.69) is 10.1 Å². The van der Waals surface area contributed by atoms with Crippen molar-refractivity contribution in [3.05, 3.63) is 35.9 Å². The molecule has 1 atom stereocenters. The number of carbonyl (C=O) groups is 2. The van der Waals surface area contributed by atoms with Crippen molar-refractivity contribution in [2.75, 3.05) is 13.7 Å².